The molecule has 1 rings (SSSR count). The van der Waals surface area contributed by atoms with Crippen molar-refractivity contribution < 1.29 is 4.57 Å². The van der Waals surface area contributed by atoms with Crippen molar-refractivity contribution in [2.45, 2.75) is 232 Å². The molecule has 0 aliphatic carbocycles. The molecule has 1 heterocycles. The van der Waals surface area contributed by atoms with E-state index in [1.165, 1.54) is 198 Å². The molecule has 242 valence electrons. The van der Waals surface area contributed by atoms with Crippen LogP contribution in [0.15, 0.2) is 12.4 Å². The van der Waals surface area contributed by atoms with Gasteiger partial charge >= 0.3 is 0 Å². The minimum atomic E-state index is 0.621. The summed E-state index contributed by atoms with van der Waals surface area (Å²) in [5.74, 6) is 2.24. The number of hydrogen-bond donors (Lipinski definition) is 1. The Balaban J connectivity index is 2.37. The van der Waals surface area contributed by atoms with E-state index in [1.54, 1.807) is 0 Å². The first kappa shape index (κ1) is 38.2. The molecule has 2 heteroatoms. The Labute approximate surface area is 259 Å². The zero-order chi connectivity index (χ0) is 29.6. The van der Waals surface area contributed by atoms with Crippen LogP contribution in [-0.2, 0) is 0 Å². The van der Waals surface area contributed by atoms with Gasteiger partial charge < -0.3 is 0 Å². The second-order valence-electron chi connectivity index (χ2n) is 13.6. The SMILES string of the molecule is CCCCCCCCCCCCCCCCC(CCCCCCCCCC)c1[nH]cc[n+]1C(C)CCCCCCC. The Morgan fingerprint density at radius 1 is 0.463 bits per heavy atom. The van der Waals surface area contributed by atoms with Crippen LogP contribution in [0.2, 0.25) is 0 Å². The molecule has 0 bridgehead atoms. The van der Waals surface area contributed by atoms with Crippen LogP contribution in [-0.4, -0.2) is 4.98 Å². The van der Waals surface area contributed by atoms with E-state index in [9.17, 15) is 0 Å². The van der Waals surface area contributed by atoms with Gasteiger partial charge in [0.25, 0.3) is 5.82 Å². The van der Waals surface area contributed by atoms with E-state index < -0.39 is 0 Å². The maximum absolute atomic E-state index is 3.74. The summed E-state index contributed by atoms with van der Waals surface area (Å²) >= 11 is 0. The lowest BCUT2D eigenvalue weighted by Gasteiger charge is -2.17. The summed E-state index contributed by atoms with van der Waals surface area (Å²) in [6.45, 7) is 9.40. The van der Waals surface area contributed by atoms with Gasteiger partial charge in [0, 0.05) is 0 Å². The number of hydrogen-bond acceptors (Lipinski definition) is 0. The minimum absolute atomic E-state index is 0.621. The van der Waals surface area contributed by atoms with Crippen LogP contribution in [0.3, 0.4) is 0 Å². The summed E-state index contributed by atoms with van der Waals surface area (Å²) in [6.07, 6.45) is 47.2. The van der Waals surface area contributed by atoms with Gasteiger partial charge in [-0.3, -0.25) is 0 Å². The first-order valence-electron chi connectivity index (χ1n) is 19.3. The average molecular weight is 574 g/mol. The fourth-order valence-corrected chi connectivity index (χ4v) is 6.78. The number of H-pyrrole nitrogens is 1. The highest BCUT2D eigenvalue weighted by Crippen LogP contribution is 2.27. The largest absolute Gasteiger partial charge is 0.257 e. The summed E-state index contributed by atoms with van der Waals surface area (Å²) in [5.41, 5.74) is 0. The molecule has 0 aromatic carbocycles. The van der Waals surface area contributed by atoms with Crippen LogP contribution in [0, 0.1) is 0 Å². The Hall–Kier alpha value is -0.790. The van der Waals surface area contributed by atoms with Gasteiger partial charge in [-0.25, -0.2) is 9.55 Å². The monoisotopic (exact) mass is 574 g/mol. The maximum atomic E-state index is 3.74. The summed E-state index contributed by atoms with van der Waals surface area (Å²) in [6, 6.07) is 0.621. The van der Waals surface area contributed by atoms with Gasteiger partial charge in [-0.05, 0) is 32.6 Å². The zero-order valence-corrected chi connectivity index (χ0v) is 29.0. The van der Waals surface area contributed by atoms with Gasteiger partial charge in [0.05, 0.1) is 12.0 Å². The minimum Gasteiger partial charge on any atom is -0.247 e. The molecular weight excluding hydrogens is 496 g/mol. The fraction of sp³-hybridized carbons (Fsp3) is 0.923. The van der Waals surface area contributed by atoms with Crippen LogP contribution in [0.1, 0.15) is 238 Å². The van der Waals surface area contributed by atoms with Crippen molar-refractivity contribution in [3.63, 3.8) is 0 Å². The number of imidazole rings is 1. The van der Waals surface area contributed by atoms with Crippen LogP contribution in [0.25, 0.3) is 0 Å². The molecule has 0 saturated carbocycles. The maximum Gasteiger partial charge on any atom is 0.257 e. The van der Waals surface area contributed by atoms with E-state index in [-0.39, 0.29) is 0 Å². The molecule has 0 aliphatic rings. The third-order valence-electron chi connectivity index (χ3n) is 9.64. The van der Waals surface area contributed by atoms with Crippen molar-refractivity contribution in [3.05, 3.63) is 18.2 Å². The molecule has 2 atom stereocenters. The first-order valence-corrected chi connectivity index (χ1v) is 19.3. The number of unbranched alkanes of at least 4 members (excludes halogenated alkanes) is 24. The van der Waals surface area contributed by atoms with E-state index in [0.717, 1.165) is 0 Å². The van der Waals surface area contributed by atoms with Crippen molar-refractivity contribution in [2.75, 3.05) is 0 Å². The molecule has 2 unspecified atom stereocenters. The van der Waals surface area contributed by atoms with E-state index >= 15 is 0 Å². The number of nitrogens with zero attached hydrogens (tertiary/aromatic N) is 1. The lowest BCUT2D eigenvalue weighted by Crippen LogP contribution is -2.41. The Morgan fingerprint density at radius 3 is 1.15 bits per heavy atom. The zero-order valence-electron chi connectivity index (χ0n) is 29.0. The molecule has 0 amide bonds. The van der Waals surface area contributed by atoms with Crippen molar-refractivity contribution in [1.82, 2.24) is 4.98 Å². The Kier molecular flexibility index (Phi) is 27.3. The Bertz CT molecular complexity index is 635. The molecule has 0 spiro atoms. The Morgan fingerprint density at radius 2 is 0.780 bits per heavy atom. The third-order valence-corrected chi connectivity index (χ3v) is 9.64. The molecular formula is C39H77N2+. The number of aromatic nitrogens is 2. The topological polar surface area (TPSA) is 19.7 Å². The second kappa shape index (κ2) is 29.3. The lowest BCUT2D eigenvalue weighted by atomic mass is 9.92. The van der Waals surface area contributed by atoms with Crippen LogP contribution < -0.4 is 4.57 Å². The fourth-order valence-electron chi connectivity index (χ4n) is 6.78. The average Bonchev–Trinajstić information content (AvgIpc) is 3.47. The standard InChI is InChI=1S/C39H76N2/c1-5-8-11-14-16-18-19-20-21-22-23-25-28-31-34-38(33-30-27-24-17-15-12-9-6-2)39-40-35-36-41(39)37(4)32-29-26-13-10-7-3/h35-38H,5-34H2,1-4H3/p+1. The molecule has 41 heavy (non-hydrogen) atoms. The molecule has 0 aliphatic heterocycles. The normalized spacial score (nSPS) is 13.2. The molecule has 1 aromatic heterocycles. The van der Waals surface area contributed by atoms with Crippen LogP contribution in [0.4, 0.5) is 0 Å². The second-order valence-corrected chi connectivity index (χ2v) is 13.6. The summed E-state index contributed by atoms with van der Waals surface area (Å²) in [7, 11) is 0. The highest BCUT2D eigenvalue weighted by molar-refractivity contribution is 4.90. The van der Waals surface area contributed by atoms with Gasteiger partial charge in [-0.15, -0.1) is 0 Å². The highest BCUT2D eigenvalue weighted by atomic mass is 15.1. The molecule has 1 N–H and O–H groups in total. The molecule has 0 radical (unpaired) electrons. The lowest BCUT2D eigenvalue weighted by molar-refractivity contribution is -0.727. The predicted octanol–water partition coefficient (Wildman–Crippen LogP) is 13.7. The smallest absolute Gasteiger partial charge is 0.247 e. The van der Waals surface area contributed by atoms with Gasteiger partial charge in [-0.2, -0.15) is 0 Å². The van der Waals surface area contributed by atoms with E-state index in [4.69, 9.17) is 0 Å². The summed E-state index contributed by atoms with van der Waals surface area (Å²) in [5, 5.41) is 0. The van der Waals surface area contributed by atoms with Gasteiger partial charge in [0.1, 0.15) is 12.4 Å². The summed E-state index contributed by atoms with van der Waals surface area (Å²) < 4.78 is 2.62. The highest BCUT2D eigenvalue weighted by Gasteiger charge is 2.25. The molecule has 2 nitrogen and oxygen atoms in total. The van der Waals surface area contributed by atoms with Crippen LogP contribution in [0.5, 0.6) is 0 Å². The van der Waals surface area contributed by atoms with E-state index in [0.29, 0.717) is 12.0 Å². The van der Waals surface area contributed by atoms with Crippen molar-refractivity contribution in [1.29, 1.82) is 0 Å². The van der Waals surface area contributed by atoms with Crippen LogP contribution >= 0.6 is 0 Å². The van der Waals surface area contributed by atoms with Gasteiger partial charge in [0.2, 0.25) is 0 Å². The van der Waals surface area contributed by atoms with Crippen molar-refractivity contribution in [3.8, 4) is 0 Å². The van der Waals surface area contributed by atoms with Crippen molar-refractivity contribution in [2.24, 2.45) is 0 Å². The number of aromatic amines is 1. The predicted molar refractivity (Wildman–Crippen MR) is 184 cm³/mol. The number of rotatable bonds is 32. The van der Waals surface area contributed by atoms with Gasteiger partial charge in [0.15, 0.2) is 0 Å². The first-order chi connectivity index (χ1) is 20.2. The van der Waals surface area contributed by atoms with Crippen molar-refractivity contribution >= 4 is 0 Å². The van der Waals surface area contributed by atoms with Gasteiger partial charge in [-0.1, -0.05) is 188 Å². The molecule has 0 saturated heterocycles. The van der Waals surface area contributed by atoms with E-state index in [1.807, 2.05) is 0 Å². The quantitative estimate of drug-likeness (QED) is 0.0653. The number of nitrogens with one attached hydrogen (secondary N) is 1. The summed E-state index contributed by atoms with van der Waals surface area (Å²) in [4.78, 5) is 3.74. The third kappa shape index (κ3) is 21.5. The van der Waals surface area contributed by atoms with E-state index in [2.05, 4.69) is 49.6 Å². The molecule has 1 aromatic rings. The molecule has 0 fully saturated rings.